The Morgan fingerprint density at radius 2 is 2.25 bits per heavy atom. The van der Waals surface area contributed by atoms with E-state index in [2.05, 4.69) is 26.1 Å². The molecule has 1 aromatic heterocycles. The first kappa shape index (κ1) is 11.5. The molecule has 0 amide bonds. The third kappa shape index (κ3) is 1.97. The largest absolute Gasteiger partial charge is 0.298 e. The number of rotatable bonds is 2. The van der Waals surface area contributed by atoms with Gasteiger partial charge in [-0.15, -0.1) is 0 Å². The monoisotopic (exact) mass is 301 g/mol. The number of carbonyl (C=O) groups is 1. The lowest BCUT2D eigenvalue weighted by Gasteiger charge is -1.99. The summed E-state index contributed by atoms with van der Waals surface area (Å²) < 4.78 is 0.824. The Morgan fingerprint density at radius 1 is 1.56 bits per heavy atom. The SMILES string of the molecule is CC(=O)Cn1nc2cc(Cl)c(C)c(Br)c2n1. The molecular weight excluding hydrogens is 293 g/mol. The second-order valence-electron chi connectivity index (χ2n) is 3.60. The highest BCUT2D eigenvalue weighted by Gasteiger charge is 2.12. The second-order valence-corrected chi connectivity index (χ2v) is 4.80. The highest BCUT2D eigenvalue weighted by Crippen LogP contribution is 2.30. The number of benzene rings is 1. The van der Waals surface area contributed by atoms with E-state index in [0.717, 1.165) is 15.6 Å². The fourth-order valence-electron chi connectivity index (χ4n) is 1.39. The van der Waals surface area contributed by atoms with Crippen LogP contribution in [0.2, 0.25) is 5.02 Å². The molecule has 0 spiro atoms. The molecule has 2 rings (SSSR count). The maximum absolute atomic E-state index is 11.0. The van der Waals surface area contributed by atoms with Gasteiger partial charge in [-0.2, -0.15) is 15.0 Å². The van der Waals surface area contributed by atoms with Crippen LogP contribution in [0.25, 0.3) is 11.0 Å². The summed E-state index contributed by atoms with van der Waals surface area (Å²) in [6.45, 7) is 3.58. The van der Waals surface area contributed by atoms with Crippen LogP contribution in [0.4, 0.5) is 0 Å². The van der Waals surface area contributed by atoms with Crippen LogP contribution in [0.3, 0.4) is 0 Å². The minimum Gasteiger partial charge on any atom is -0.298 e. The molecule has 2 aromatic rings. The third-order valence-corrected chi connectivity index (χ3v) is 3.57. The maximum atomic E-state index is 11.0. The van der Waals surface area contributed by atoms with Gasteiger partial charge in [0.15, 0.2) is 5.78 Å². The van der Waals surface area contributed by atoms with Crippen molar-refractivity contribution in [1.82, 2.24) is 15.0 Å². The van der Waals surface area contributed by atoms with Gasteiger partial charge in [0.1, 0.15) is 17.6 Å². The van der Waals surface area contributed by atoms with Gasteiger partial charge >= 0.3 is 0 Å². The molecule has 0 fully saturated rings. The van der Waals surface area contributed by atoms with E-state index < -0.39 is 0 Å². The van der Waals surface area contributed by atoms with Crippen molar-refractivity contribution in [3.05, 3.63) is 21.1 Å². The highest BCUT2D eigenvalue weighted by molar-refractivity contribution is 9.10. The number of nitrogens with zero attached hydrogens (tertiary/aromatic N) is 3. The van der Waals surface area contributed by atoms with E-state index in [4.69, 9.17) is 11.6 Å². The number of carbonyl (C=O) groups excluding carboxylic acids is 1. The summed E-state index contributed by atoms with van der Waals surface area (Å²) >= 11 is 9.46. The van der Waals surface area contributed by atoms with E-state index in [1.165, 1.54) is 11.7 Å². The molecule has 0 saturated carbocycles. The number of ketones is 1. The number of hydrogen-bond donors (Lipinski definition) is 0. The smallest absolute Gasteiger partial charge is 0.153 e. The summed E-state index contributed by atoms with van der Waals surface area (Å²) in [5, 5.41) is 9.05. The molecular formula is C10H9BrClN3O. The van der Waals surface area contributed by atoms with Crippen molar-refractivity contribution < 1.29 is 4.79 Å². The van der Waals surface area contributed by atoms with Crippen molar-refractivity contribution in [1.29, 1.82) is 0 Å². The molecule has 0 atom stereocenters. The fraction of sp³-hybridized carbons (Fsp3) is 0.300. The molecule has 0 aliphatic heterocycles. The molecule has 6 heteroatoms. The van der Waals surface area contributed by atoms with E-state index in [9.17, 15) is 4.79 Å². The molecule has 0 saturated heterocycles. The van der Waals surface area contributed by atoms with Crippen LogP contribution in [0.1, 0.15) is 12.5 Å². The standard InChI is InChI=1S/C10H9BrClN3O/c1-5(16)4-15-13-8-3-7(12)6(2)9(11)10(8)14-15/h3H,4H2,1-2H3. The molecule has 0 unspecified atom stereocenters. The Kier molecular flexibility index (Phi) is 2.99. The summed E-state index contributed by atoms with van der Waals surface area (Å²) in [5.41, 5.74) is 2.33. The molecule has 4 nitrogen and oxygen atoms in total. The average Bonchev–Trinajstić information content (AvgIpc) is 2.56. The summed E-state index contributed by atoms with van der Waals surface area (Å²) in [6, 6.07) is 1.75. The number of Topliss-reactive ketones (excluding diaryl/α,β-unsaturated/α-hetero) is 1. The van der Waals surface area contributed by atoms with E-state index in [-0.39, 0.29) is 12.3 Å². The van der Waals surface area contributed by atoms with Crippen LogP contribution in [0, 0.1) is 6.92 Å². The zero-order valence-corrected chi connectivity index (χ0v) is 11.1. The van der Waals surface area contributed by atoms with Crippen LogP contribution < -0.4 is 0 Å². The lowest BCUT2D eigenvalue weighted by molar-refractivity contribution is -0.117. The van der Waals surface area contributed by atoms with E-state index in [1.807, 2.05) is 6.92 Å². The number of halogens is 2. The van der Waals surface area contributed by atoms with Crippen LogP contribution in [-0.4, -0.2) is 20.8 Å². The van der Waals surface area contributed by atoms with E-state index >= 15 is 0 Å². The average molecular weight is 303 g/mol. The van der Waals surface area contributed by atoms with Crippen LogP contribution >= 0.6 is 27.5 Å². The van der Waals surface area contributed by atoms with Gasteiger partial charge < -0.3 is 0 Å². The van der Waals surface area contributed by atoms with E-state index in [0.29, 0.717) is 10.5 Å². The van der Waals surface area contributed by atoms with Gasteiger partial charge in [0, 0.05) is 5.02 Å². The number of fused-ring (bicyclic) bond motifs is 1. The molecule has 0 radical (unpaired) electrons. The molecule has 1 aromatic carbocycles. The van der Waals surface area contributed by atoms with Gasteiger partial charge in [-0.3, -0.25) is 4.79 Å². The Balaban J connectivity index is 2.62. The first-order chi connectivity index (χ1) is 7.49. The first-order valence-electron chi connectivity index (χ1n) is 4.68. The van der Waals surface area contributed by atoms with Crippen LogP contribution in [0.5, 0.6) is 0 Å². The Labute approximate surface area is 106 Å². The minimum absolute atomic E-state index is 0.0132. The molecule has 0 aliphatic carbocycles. The zero-order valence-electron chi connectivity index (χ0n) is 8.79. The first-order valence-corrected chi connectivity index (χ1v) is 5.85. The summed E-state index contributed by atoms with van der Waals surface area (Å²) in [7, 11) is 0. The summed E-state index contributed by atoms with van der Waals surface area (Å²) in [4.78, 5) is 12.4. The topological polar surface area (TPSA) is 47.8 Å². The van der Waals surface area contributed by atoms with Crippen molar-refractivity contribution >= 4 is 44.3 Å². The molecule has 0 N–H and O–H groups in total. The van der Waals surface area contributed by atoms with Gasteiger partial charge in [0.2, 0.25) is 0 Å². The molecule has 84 valence electrons. The fourth-order valence-corrected chi connectivity index (χ4v) is 2.20. The molecule has 16 heavy (non-hydrogen) atoms. The molecule has 0 bridgehead atoms. The van der Waals surface area contributed by atoms with Gasteiger partial charge in [-0.05, 0) is 41.4 Å². The minimum atomic E-state index is 0.0132. The van der Waals surface area contributed by atoms with Crippen molar-refractivity contribution in [2.75, 3.05) is 0 Å². The van der Waals surface area contributed by atoms with Crippen molar-refractivity contribution in [3.63, 3.8) is 0 Å². The lowest BCUT2D eigenvalue weighted by atomic mass is 10.2. The predicted molar refractivity (Wildman–Crippen MR) is 65.7 cm³/mol. The van der Waals surface area contributed by atoms with Crippen molar-refractivity contribution in [2.45, 2.75) is 20.4 Å². The second kappa shape index (κ2) is 4.14. The van der Waals surface area contributed by atoms with Crippen LogP contribution in [-0.2, 0) is 11.3 Å². The van der Waals surface area contributed by atoms with Gasteiger partial charge in [-0.1, -0.05) is 11.6 Å². The number of hydrogen-bond acceptors (Lipinski definition) is 3. The van der Waals surface area contributed by atoms with Gasteiger partial charge in [0.25, 0.3) is 0 Å². The van der Waals surface area contributed by atoms with Gasteiger partial charge in [0.05, 0.1) is 4.47 Å². The lowest BCUT2D eigenvalue weighted by Crippen LogP contribution is -2.08. The predicted octanol–water partition coefficient (Wildman–Crippen LogP) is 2.74. The van der Waals surface area contributed by atoms with Crippen molar-refractivity contribution in [2.24, 2.45) is 0 Å². The molecule has 1 heterocycles. The Bertz CT molecular complexity index is 579. The molecule has 0 aliphatic rings. The number of aromatic nitrogens is 3. The van der Waals surface area contributed by atoms with Gasteiger partial charge in [-0.25, -0.2) is 0 Å². The van der Waals surface area contributed by atoms with E-state index in [1.54, 1.807) is 6.07 Å². The quantitative estimate of drug-likeness (QED) is 0.857. The Morgan fingerprint density at radius 3 is 2.88 bits per heavy atom. The normalized spacial score (nSPS) is 11.0. The van der Waals surface area contributed by atoms with Crippen molar-refractivity contribution in [3.8, 4) is 0 Å². The zero-order chi connectivity index (χ0) is 11.9. The summed E-state index contributed by atoms with van der Waals surface area (Å²) in [6.07, 6.45) is 0. The Hall–Kier alpha value is -0.940. The highest BCUT2D eigenvalue weighted by atomic mass is 79.9. The third-order valence-electron chi connectivity index (χ3n) is 2.20. The summed E-state index contributed by atoms with van der Waals surface area (Å²) in [5.74, 6) is 0.0132. The van der Waals surface area contributed by atoms with Crippen LogP contribution in [0.15, 0.2) is 10.5 Å². The maximum Gasteiger partial charge on any atom is 0.153 e.